The predicted molar refractivity (Wildman–Crippen MR) is 92.3 cm³/mol. The molecule has 0 atom stereocenters. The Labute approximate surface area is 137 Å². The van der Waals surface area contributed by atoms with Crippen LogP contribution in [0, 0.1) is 10.1 Å². The van der Waals surface area contributed by atoms with Crippen LogP contribution in [-0.4, -0.2) is 13.3 Å². The van der Waals surface area contributed by atoms with Gasteiger partial charge in [-0.3, -0.25) is 14.8 Å². The molecule has 0 unspecified atom stereocenters. The summed E-state index contributed by atoms with van der Waals surface area (Å²) < 4.78 is 27.5. The zero-order valence-corrected chi connectivity index (χ0v) is 13.2. The molecule has 0 amide bonds. The molecule has 3 rings (SSSR count). The number of hydrogen-bond acceptors (Lipinski definition) is 5. The van der Waals surface area contributed by atoms with Gasteiger partial charge in [-0.15, -0.1) is 0 Å². The van der Waals surface area contributed by atoms with Gasteiger partial charge in [0.15, 0.2) is 0 Å². The lowest BCUT2D eigenvalue weighted by molar-refractivity contribution is -0.383. The molecule has 0 heterocycles. The lowest BCUT2D eigenvalue weighted by atomic mass is 10.1. The fourth-order valence-electron chi connectivity index (χ4n) is 2.44. The van der Waals surface area contributed by atoms with E-state index in [-0.39, 0.29) is 22.0 Å². The number of nitrogens with zero attached hydrogens (tertiary/aromatic N) is 1. The summed E-state index contributed by atoms with van der Waals surface area (Å²) in [7, 11) is -3.86. The number of nitrogens with two attached hydrogens (primary N) is 1. The highest BCUT2D eigenvalue weighted by molar-refractivity contribution is 7.92. The van der Waals surface area contributed by atoms with Crippen molar-refractivity contribution in [2.24, 2.45) is 0 Å². The van der Waals surface area contributed by atoms with Gasteiger partial charge in [0.25, 0.3) is 15.7 Å². The van der Waals surface area contributed by atoms with Crippen LogP contribution in [0.5, 0.6) is 0 Å². The fraction of sp³-hybridized carbons (Fsp3) is 0. The van der Waals surface area contributed by atoms with E-state index in [2.05, 4.69) is 4.72 Å². The molecule has 0 aromatic heterocycles. The molecule has 0 spiro atoms. The van der Waals surface area contributed by atoms with Crippen LogP contribution in [0.2, 0.25) is 0 Å². The van der Waals surface area contributed by atoms with Crippen molar-refractivity contribution in [2.45, 2.75) is 4.90 Å². The molecule has 0 saturated heterocycles. The first-order valence-electron chi connectivity index (χ1n) is 6.93. The Morgan fingerprint density at radius 2 is 1.54 bits per heavy atom. The topological polar surface area (TPSA) is 115 Å². The molecule has 7 nitrogen and oxygen atoms in total. The number of anilines is 2. The third kappa shape index (κ3) is 2.74. The van der Waals surface area contributed by atoms with E-state index < -0.39 is 14.9 Å². The molecule has 0 fully saturated rings. The molecule has 0 aliphatic rings. The molecular formula is C16H13N3O4S. The van der Waals surface area contributed by atoms with Crippen molar-refractivity contribution in [1.29, 1.82) is 0 Å². The van der Waals surface area contributed by atoms with Crippen molar-refractivity contribution in [1.82, 2.24) is 0 Å². The van der Waals surface area contributed by atoms with Gasteiger partial charge in [-0.25, -0.2) is 8.42 Å². The minimum atomic E-state index is -3.86. The first-order chi connectivity index (χ1) is 11.4. The summed E-state index contributed by atoms with van der Waals surface area (Å²) in [6, 6.07) is 15.4. The van der Waals surface area contributed by atoms with Gasteiger partial charge < -0.3 is 5.73 Å². The standard InChI is InChI=1S/C16H13N3O4S/c17-14-10-15(19(20)21)12-8-4-5-9-13(12)16(14)18-24(22,23)11-6-2-1-3-7-11/h1-10,18H,17H2. The van der Waals surface area contributed by atoms with Crippen molar-refractivity contribution in [3.63, 3.8) is 0 Å². The van der Waals surface area contributed by atoms with E-state index in [1.165, 1.54) is 12.1 Å². The second kappa shape index (κ2) is 5.82. The average molecular weight is 343 g/mol. The van der Waals surface area contributed by atoms with E-state index >= 15 is 0 Å². The molecule has 122 valence electrons. The molecule has 8 heteroatoms. The summed E-state index contributed by atoms with van der Waals surface area (Å²) in [5, 5.41) is 11.9. The average Bonchev–Trinajstić information content (AvgIpc) is 2.57. The molecule has 24 heavy (non-hydrogen) atoms. The summed E-state index contributed by atoms with van der Waals surface area (Å²) >= 11 is 0. The Hall–Kier alpha value is -3.13. The third-order valence-corrected chi connectivity index (χ3v) is 4.91. The SMILES string of the molecule is Nc1cc([N+](=O)[O-])c2ccccc2c1NS(=O)(=O)c1ccccc1. The number of fused-ring (bicyclic) bond motifs is 1. The molecule has 0 bridgehead atoms. The summed E-state index contributed by atoms with van der Waals surface area (Å²) in [6.45, 7) is 0. The number of sulfonamides is 1. The number of nitrogens with one attached hydrogen (secondary N) is 1. The lowest BCUT2D eigenvalue weighted by Crippen LogP contribution is -2.14. The van der Waals surface area contributed by atoms with Crippen molar-refractivity contribution < 1.29 is 13.3 Å². The first kappa shape index (κ1) is 15.8. The summed E-state index contributed by atoms with van der Waals surface area (Å²) in [4.78, 5) is 10.7. The van der Waals surface area contributed by atoms with Crippen molar-refractivity contribution >= 4 is 37.9 Å². The number of nitro benzene ring substituents is 1. The summed E-state index contributed by atoms with van der Waals surface area (Å²) in [5.74, 6) is 0. The normalized spacial score (nSPS) is 11.3. The van der Waals surface area contributed by atoms with Crippen LogP contribution in [-0.2, 0) is 10.0 Å². The van der Waals surface area contributed by atoms with Gasteiger partial charge in [0.2, 0.25) is 0 Å². The predicted octanol–water partition coefficient (Wildman–Crippen LogP) is 3.13. The van der Waals surface area contributed by atoms with E-state index in [9.17, 15) is 18.5 Å². The van der Waals surface area contributed by atoms with Crippen LogP contribution in [0.25, 0.3) is 10.8 Å². The smallest absolute Gasteiger partial charge is 0.279 e. The Morgan fingerprint density at radius 3 is 2.17 bits per heavy atom. The van der Waals surface area contributed by atoms with Crippen LogP contribution < -0.4 is 10.5 Å². The van der Waals surface area contributed by atoms with E-state index in [1.54, 1.807) is 42.5 Å². The van der Waals surface area contributed by atoms with Gasteiger partial charge in [0, 0.05) is 11.5 Å². The second-order valence-electron chi connectivity index (χ2n) is 5.08. The minimum absolute atomic E-state index is 0.0140. The number of rotatable bonds is 4. The quantitative estimate of drug-likeness (QED) is 0.429. The van der Waals surface area contributed by atoms with E-state index in [4.69, 9.17) is 5.73 Å². The molecule has 0 saturated carbocycles. The molecular weight excluding hydrogens is 330 g/mol. The van der Waals surface area contributed by atoms with Gasteiger partial charge in [0.05, 0.1) is 26.6 Å². The minimum Gasteiger partial charge on any atom is -0.397 e. The maximum atomic E-state index is 12.5. The van der Waals surface area contributed by atoms with Crippen molar-refractivity contribution in [3.8, 4) is 0 Å². The lowest BCUT2D eigenvalue weighted by Gasteiger charge is -2.13. The van der Waals surface area contributed by atoms with Crippen LogP contribution >= 0.6 is 0 Å². The number of nitrogen functional groups attached to an aromatic ring is 1. The highest BCUT2D eigenvalue weighted by atomic mass is 32.2. The summed E-state index contributed by atoms with van der Waals surface area (Å²) in [5.41, 5.74) is 5.81. The van der Waals surface area contributed by atoms with Gasteiger partial charge in [-0.05, 0) is 18.2 Å². The van der Waals surface area contributed by atoms with Gasteiger partial charge in [-0.1, -0.05) is 36.4 Å². The fourth-order valence-corrected chi connectivity index (χ4v) is 3.56. The Balaban J connectivity index is 2.19. The molecule has 0 aliphatic carbocycles. The highest BCUT2D eigenvalue weighted by Crippen LogP contribution is 2.37. The van der Waals surface area contributed by atoms with Crippen LogP contribution in [0.15, 0.2) is 65.6 Å². The maximum absolute atomic E-state index is 12.5. The van der Waals surface area contributed by atoms with Crippen molar-refractivity contribution in [2.75, 3.05) is 10.5 Å². The van der Waals surface area contributed by atoms with Crippen LogP contribution in [0.4, 0.5) is 17.1 Å². The third-order valence-electron chi connectivity index (χ3n) is 3.54. The highest BCUT2D eigenvalue weighted by Gasteiger charge is 2.21. The van der Waals surface area contributed by atoms with Crippen molar-refractivity contribution in [3.05, 3.63) is 70.8 Å². The molecule has 0 aliphatic heterocycles. The van der Waals surface area contributed by atoms with E-state index in [1.807, 2.05) is 0 Å². The van der Waals surface area contributed by atoms with E-state index in [0.717, 1.165) is 6.07 Å². The first-order valence-corrected chi connectivity index (χ1v) is 8.42. The van der Waals surface area contributed by atoms with E-state index in [0.29, 0.717) is 10.8 Å². The Morgan fingerprint density at radius 1 is 0.958 bits per heavy atom. The van der Waals surface area contributed by atoms with Crippen LogP contribution in [0.1, 0.15) is 0 Å². The number of nitro groups is 1. The Kier molecular flexibility index (Phi) is 3.82. The molecule has 3 N–H and O–H groups in total. The monoisotopic (exact) mass is 343 g/mol. The number of hydrogen-bond donors (Lipinski definition) is 2. The molecule has 3 aromatic rings. The van der Waals surface area contributed by atoms with Crippen LogP contribution in [0.3, 0.4) is 0 Å². The molecule has 0 radical (unpaired) electrons. The zero-order valence-electron chi connectivity index (χ0n) is 12.3. The largest absolute Gasteiger partial charge is 0.397 e. The van der Waals surface area contributed by atoms with Gasteiger partial charge in [0.1, 0.15) is 0 Å². The number of non-ortho nitro benzene ring substituents is 1. The Bertz CT molecular complexity index is 1030. The second-order valence-corrected chi connectivity index (χ2v) is 6.76. The zero-order chi connectivity index (χ0) is 17.3. The summed E-state index contributed by atoms with van der Waals surface area (Å²) in [6.07, 6.45) is 0. The van der Waals surface area contributed by atoms with Gasteiger partial charge in [-0.2, -0.15) is 0 Å². The maximum Gasteiger partial charge on any atom is 0.279 e. The number of benzene rings is 3. The van der Waals surface area contributed by atoms with Gasteiger partial charge >= 0.3 is 0 Å². The molecule has 3 aromatic carbocycles.